The largest absolute Gasteiger partial charge is 0.417 e. The highest BCUT2D eigenvalue weighted by atomic mass is 35.5. The molecule has 1 fully saturated rings. The zero-order valence-electron chi connectivity index (χ0n) is 19.1. The van der Waals surface area contributed by atoms with Crippen molar-refractivity contribution in [1.29, 1.82) is 0 Å². The normalized spacial score (nSPS) is 16.4. The van der Waals surface area contributed by atoms with Gasteiger partial charge >= 0.3 is 12.4 Å². The lowest BCUT2D eigenvalue weighted by Crippen LogP contribution is -2.45. The first-order chi connectivity index (χ1) is 17.1. The van der Waals surface area contributed by atoms with Crippen molar-refractivity contribution in [2.24, 2.45) is 0 Å². The quantitative estimate of drug-likeness (QED) is 0.207. The van der Waals surface area contributed by atoms with Crippen LogP contribution in [0.4, 0.5) is 30.7 Å². The molecule has 0 heterocycles. The Morgan fingerprint density at radius 3 is 2.11 bits per heavy atom. The van der Waals surface area contributed by atoms with E-state index >= 15 is 0 Å². The minimum absolute atomic E-state index is 0.0351. The second-order valence-corrected chi connectivity index (χ2v) is 9.77. The molecule has 1 aliphatic carbocycles. The predicted octanol–water partition coefficient (Wildman–Crippen LogP) is 8.84. The SMILES string of the molecule is CN(NC(=O)c1ccc(C(F)=CC(c2cc(Cl)c(Cl)c(Cl)c2)C(F)(F)F)cc1C(F)(F)F)C1CCCC1. The van der Waals surface area contributed by atoms with Crippen LogP contribution >= 0.6 is 34.8 Å². The molecule has 37 heavy (non-hydrogen) atoms. The second kappa shape index (κ2) is 11.4. The minimum atomic E-state index is -5.09. The third kappa shape index (κ3) is 7.10. The Morgan fingerprint density at radius 2 is 1.59 bits per heavy atom. The van der Waals surface area contributed by atoms with E-state index in [9.17, 15) is 35.5 Å². The maximum Gasteiger partial charge on any atom is 0.417 e. The molecule has 13 heteroatoms. The van der Waals surface area contributed by atoms with Gasteiger partial charge in [-0.15, -0.1) is 0 Å². The van der Waals surface area contributed by atoms with Crippen LogP contribution in [0.25, 0.3) is 5.83 Å². The van der Waals surface area contributed by atoms with Crippen molar-refractivity contribution in [3.05, 3.63) is 73.7 Å². The fourth-order valence-corrected chi connectivity index (χ4v) is 4.72. The van der Waals surface area contributed by atoms with E-state index in [1.807, 2.05) is 0 Å². The number of allylic oxidation sites excluding steroid dienone is 1. The maximum absolute atomic E-state index is 15.0. The van der Waals surface area contributed by atoms with Gasteiger partial charge in [-0.2, -0.15) is 26.3 Å². The van der Waals surface area contributed by atoms with Crippen molar-refractivity contribution in [3.8, 4) is 0 Å². The molecule has 0 aliphatic heterocycles. The summed E-state index contributed by atoms with van der Waals surface area (Å²) in [6.45, 7) is 0. The van der Waals surface area contributed by atoms with Crippen LogP contribution in [-0.2, 0) is 6.18 Å². The van der Waals surface area contributed by atoms with E-state index in [1.54, 1.807) is 0 Å². The molecule has 3 nitrogen and oxygen atoms in total. The first-order valence-corrected chi connectivity index (χ1v) is 12.1. The summed E-state index contributed by atoms with van der Waals surface area (Å²) < 4.78 is 97.6. The third-order valence-corrected chi connectivity index (χ3v) is 7.22. The van der Waals surface area contributed by atoms with Crippen LogP contribution in [0.2, 0.25) is 15.1 Å². The number of hydrazine groups is 1. The summed E-state index contributed by atoms with van der Waals surface area (Å²) in [6, 6.07) is 3.47. The smallest absolute Gasteiger partial charge is 0.285 e. The van der Waals surface area contributed by atoms with E-state index in [4.69, 9.17) is 34.8 Å². The number of hydrogen-bond acceptors (Lipinski definition) is 2. The van der Waals surface area contributed by atoms with E-state index < -0.39 is 52.3 Å². The topological polar surface area (TPSA) is 32.3 Å². The Bertz CT molecular complexity index is 1170. The highest BCUT2D eigenvalue weighted by molar-refractivity contribution is 6.48. The van der Waals surface area contributed by atoms with Crippen molar-refractivity contribution in [1.82, 2.24) is 10.4 Å². The number of nitrogens with zero attached hydrogens (tertiary/aromatic N) is 1. The van der Waals surface area contributed by atoms with Gasteiger partial charge in [-0.25, -0.2) is 9.40 Å². The van der Waals surface area contributed by atoms with Crippen molar-refractivity contribution in [3.63, 3.8) is 0 Å². The predicted molar refractivity (Wildman–Crippen MR) is 128 cm³/mol. The first kappa shape index (κ1) is 29.5. The van der Waals surface area contributed by atoms with Crippen molar-refractivity contribution in [2.45, 2.75) is 50.0 Å². The van der Waals surface area contributed by atoms with Gasteiger partial charge in [0.1, 0.15) is 11.7 Å². The summed E-state index contributed by atoms with van der Waals surface area (Å²) >= 11 is 17.4. The average Bonchev–Trinajstić information content (AvgIpc) is 3.34. The van der Waals surface area contributed by atoms with Gasteiger partial charge in [-0.1, -0.05) is 53.7 Å². The van der Waals surface area contributed by atoms with E-state index in [1.165, 1.54) is 12.1 Å². The number of amides is 1. The fraction of sp³-hybridized carbons (Fsp3) is 0.375. The molecule has 2 aromatic rings. The number of carbonyl (C=O) groups excluding carboxylic acids is 1. The molecular formula is C24H20Cl3F7N2O. The highest BCUT2D eigenvalue weighted by Gasteiger charge is 2.41. The van der Waals surface area contributed by atoms with Crippen LogP contribution in [0.3, 0.4) is 0 Å². The van der Waals surface area contributed by atoms with Crippen LogP contribution in [0.15, 0.2) is 36.4 Å². The monoisotopic (exact) mass is 590 g/mol. The summed E-state index contributed by atoms with van der Waals surface area (Å²) in [5, 5.41) is 0.592. The molecule has 0 spiro atoms. The standard InChI is InChI=1S/C24H20Cl3F7N2O/c1-36(14-4-2-3-5-14)35-22(37)15-7-6-12(8-17(15)24(32,33)34)20(28)11-16(23(29,30)31)13-9-18(25)21(27)19(26)10-13/h6-11,14,16H,2-5H2,1H3,(H,35,37). The average molecular weight is 592 g/mol. The van der Waals surface area contributed by atoms with Crippen LogP contribution in [0.1, 0.15) is 58.6 Å². The van der Waals surface area contributed by atoms with Gasteiger partial charge in [0.25, 0.3) is 5.91 Å². The lowest BCUT2D eigenvalue weighted by molar-refractivity contribution is -0.140. The lowest BCUT2D eigenvalue weighted by Gasteiger charge is -2.25. The van der Waals surface area contributed by atoms with E-state index in [0.717, 1.165) is 49.9 Å². The number of hydrogen-bond donors (Lipinski definition) is 1. The molecular weight excluding hydrogens is 572 g/mol. The molecule has 0 radical (unpaired) electrons. The molecule has 1 N–H and O–H groups in total. The van der Waals surface area contributed by atoms with Crippen LogP contribution in [-0.4, -0.2) is 30.2 Å². The molecule has 1 amide bonds. The molecule has 0 aromatic heterocycles. The van der Waals surface area contributed by atoms with Gasteiger partial charge in [-0.3, -0.25) is 10.2 Å². The summed E-state index contributed by atoms with van der Waals surface area (Å²) in [6.07, 6.45) is -6.65. The van der Waals surface area contributed by atoms with Gasteiger partial charge in [0.05, 0.1) is 26.2 Å². The zero-order valence-corrected chi connectivity index (χ0v) is 21.4. The molecule has 1 aliphatic rings. The van der Waals surface area contributed by atoms with Crippen LogP contribution < -0.4 is 5.43 Å². The van der Waals surface area contributed by atoms with Crippen LogP contribution in [0, 0.1) is 0 Å². The molecule has 2 aromatic carbocycles. The van der Waals surface area contributed by atoms with Gasteiger partial charge < -0.3 is 0 Å². The number of carbonyl (C=O) groups is 1. The third-order valence-electron chi connectivity index (χ3n) is 6.03. The van der Waals surface area contributed by atoms with Gasteiger partial charge in [0, 0.05) is 18.7 Å². The van der Waals surface area contributed by atoms with Crippen LogP contribution in [0.5, 0.6) is 0 Å². The fourth-order valence-electron chi connectivity index (χ4n) is 4.11. The van der Waals surface area contributed by atoms with Gasteiger partial charge in [-0.05, 0) is 48.7 Å². The second-order valence-electron chi connectivity index (χ2n) is 8.58. The highest BCUT2D eigenvalue weighted by Crippen LogP contribution is 2.43. The molecule has 0 bridgehead atoms. The summed E-state index contributed by atoms with van der Waals surface area (Å²) in [4.78, 5) is 12.6. The number of alkyl halides is 6. The minimum Gasteiger partial charge on any atom is -0.285 e. The zero-order chi connectivity index (χ0) is 27.7. The number of benzene rings is 2. The van der Waals surface area contributed by atoms with E-state index in [-0.39, 0.29) is 27.2 Å². The van der Waals surface area contributed by atoms with Gasteiger partial charge in [0.15, 0.2) is 0 Å². The number of halogens is 10. The molecule has 3 rings (SSSR count). The Morgan fingerprint density at radius 1 is 1.03 bits per heavy atom. The summed E-state index contributed by atoms with van der Waals surface area (Å²) in [5.74, 6) is -5.27. The van der Waals surface area contributed by atoms with Crippen molar-refractivity contribution >= 4 is 46.5 Å². The van der Waals surface area contributed by atoms with Gasteiger partial charge in [0.2, 0.25) is 0 Å². The summed E-state index contributed by atoms with van der Waals surface area (Å²) in [7, 11) is 1.53. The maximum atomic E-state index is 15.0. The van der Waals surface area contributed by atoms with Crippen molar-refractivity contribution < 1.29 is 35.5 Å². The van der Waals surface area contributed by atoms with E-state index in [2.05, 4.69) is 5.43 Å². The molecule has 202 valence electrons. The molecule has 1 unspecified atom stereocenters. The molecule has 1 saturated carbocycles. The number of nitrogens with one attached hydrogen (secondary N) is 1. The Balaban J connectivity index is 1.99. The van der Waals surface area contributed by atoms with E-state index in [0.29, 0.717) is 6.07 Å². The Labute approximate surface area is 223 Å². The summed E-state index contributed by atoms with van der Waals surface area (Å²) in [5.41, 5.74) is -1.26. The Kier molecular flexibility index (Phi) is 9.09. The molecule has 1 atom stereocenters. The lowest BCUT2D eigenvalue weighted by atomic mass is 9.95. The Hall–Kier alpha value is -2.01. The van der Waals surface area contributed by atoms with Crippen molar-refractivity contribution in [2.75, 3.05) is 7.05 Å². The molecule has 0 saturated heterocycles. The first-order valence-electron chi connectivity index (χ1n) is 10.9. The number of rotatable bonds is 6.